The monoisotopic (exact) mass is 220 g/mol. The molecule has 1 N–H and O–H groups in total. The molecule has 0 aliphatic heterocycles. The van der Waals surface area contributed by atoms with Gasteiger partial charge in [0.1, 0.15) is 5.75 Å². The molecule has 0 bridgehead atoms. The normalized spacial score (nSPS) is 11.8. The van der Waals surface area contributed by atoms with E-state index in [1.54, 1.807) is 0 Å². The molecule has 90 valence electrons. The van der Waals surface area contributed by atoms with E-state index >= 15 is 0 Å². The molecule has 0 aromatic heterocycles. The number of hydrogen-bond donors (Lipinski definition) is 1. The highest BCUT2D eigenvalue weighted by molar-refractivity contribution is 5.44. The first kappa shape index (κ1) is 13.1. The van der Waals surface area contributed by atoms with Gasteiger partial charge < -0.3 is 5.11 Å². The molecule has 0 radical (unpaired) electrons. The van der Waals surface area contributed by atoms with Crippen LogP contribution in [0.1, 0.15) is 57.2 Å². The Kier molecular flexibility index (Phi) is 4.01. The third kappa shape index (κ3) is 3.01. The molecular formula is C15H24O. The lowest BCUT2D eigenvalue weighted by Crippen LogP contribution is -2.12. The average Bonchev–Trinajstić information content (AvgIpc) is 2.18. The van der Waals surface area contributed by atoms with Gasteiger partial charge in [0.05, 0.1) is 0 Å². The summed E-state index contributed by atoms with van der Waals surface area (Å²) in [6.07, 6.45) is 3.45. The van der Waals surface area contributed by atoms with Crippen molar-refractivity contribution in [2.24, 2.45) is 0 Å². The smallest absolute Gasteiger partial charge is 0.119 e. The molecule has 1 aromatic carbocycles. The minimum absolute atomic E-state index is 0.103. The van der Waals surface area contributed by atoms with Gasteiger partial charge in [0.2, 0.25) is 0 Å². The molecule has 1 aromatic rings. The van der Waals surface area contributed by atoms with Gasteiger partial charge in [0.15, 0.2) is 0 Å². The fourth-order valence-electron chi connectivity index (χ4n) is 1.82. The molecule has 1 rings (SSSR count). The lowest BCUT2D eigenvalue weighted by Gasteiger charge is -2.21. The van der Waals surface area contributed by atoms with Gasteiger partial charge in [-0.25, -0.2) is 0 Å². The van der Waals surface area contributed by atoms with Gasteiger partial charge in [-0.05, 0) is 47.9 Å². The van der Waals surface area contributed by atoms with E-state index in [1.807, 2.05) is 13.0 Å². The second-order valence-corrected chi connectivity index (χ2v) is 5.63. The number of benzene rings is 1. The van der Waals surface area contributed by atoms with Crippen molar-refractivity contribution in [2.45, 2.75) is 59.3 Å². The molecule has 0 amide bonds. The maximum atomic E-state index is 9.94. The Hall–Kier alpha value is -0.980. The highest BCUT2D eigenvalue weighted by Gasteiger charge is 2.16. The number of hydrogen-bond acceptors (Lipinski definition) is 1. The van der Waals surface area contributed by atoms with Crippen molar-refractivity contribution in [1.29, 1.82) is 0 Å². The topological polar surface area (TPSA) is 20.2 Å². The fourth-order valence-corrected chi connectivity index (χ4v) is 1.82. The molecule has 16 heavy (non-hydrogen) atoms. The predicted molar refractivity (Wildman–Crippen MR) is 70.2 cm³/mol. The molecule has 0 fully saturated rings. The summed E-state index contributed by atoms with van der Waals surface area (Å²) in [5.41, 5.74) is 3.67. The Labute approximate surface area is 99.5 Å². The molecule has 1 nitrogen and oxygen atoms in total. The largest absolute Gasteiger partial charge is 0.508 e. The van der Waals surface area contributed by atoms with Crippen molar-refractivity contribution >= 4 is 0 Å². The maximum Gasteiger partial charge on any atom is 0.119 e. The lowest BCUT2D eigenvalue weighted by molar-refractivity contribution is 0.465. The van der Waals surface area contributed by atoms with Crippen molar-refractivity contribution in [3.05, 3.63) is 28.8 Å². The Balaban J connectivity index is 3.12. The van der Waals surface area contributed by atoms with Crippen LogP contribution in [0.3, 0.4) is 0 Å². The van der Waals surface area contributed by atoms with Crippen LogP contribution in [0.5, 0.6) is 5.75 Å². The first-order chi connectivity index (χ1) is 7.36. The van der Waals surface area contributed by atoms with Gasteiger partial charge in [0.25, 0.3) is 0 Å². The number of phenols is 1. The Morgan fingerprint density at radius 1 is 1.19 bits per heavy atom. The first-order valence-electron chi connectivity index (χ1n) is 6.19. The van der Waals surface area contributed by atoms with Crippen molar-refractivity contribution in [1.82, 2.24) is 0 Å². The van der Waals surface area contributed by atoms with Crippen LogP contribution in [-0.2, 0) is 11.8 Å². The van der Waals surface area contributed by atoms with Crippen LogP contribution in [0.15, 0.2) is 12.1 Å². The zero-order valence-corrected chi connectivity index (χ0v) is 11.2. The summed E-state index contributed by atoms with van der Waals surface area (Å²) in [5, 5.41) is 9.94. The van der Waals surface area contributed by atoms with E-state index in [9.17, 15) is 5.11 Å². The zero-order valence-electron chi connectivity index (χ0n) is 11.2. The van der Waals surface area contributed by atoms with E-state index in [2.05, 4.69) is 33.8 Å². The van der Waals surface area contributed by atoms with E-state index in [0.717, 1.165) is 12.0 Å². The molecule has 0 atom stereocenters. The van der Waals surface area contributed by atoms with E-state index in [0.29, 0.717) is 5.75 Å². The van der Waals surface area contributed by atoms with Gasteiger partial charge in [-0.15, -0.1) is 0 Å². The van der Waals surface area contributed by atoms with Crippen LogP contribution in [0, 0.1) is 6.92 Å². The predicted octanol–water partition coefficient (Wildman–Crippen LogP) is 4.34. The number of aromatic hydroxyl groups is 1. The highest BCUT2D eigenvalue weighted by Crippen LogP contribution is 2.30. The lowest BCUT2D eigenvalue weighted by atomic mass is 9.84. The fraction of sp³-hybridized carbons (Fsp3) is 0.600. The SMILES string of the molecule is CCCCc1cc(C(C)(C)C)cc(O)c1C. The van der Waals surface area contributed by atoms with Crippen molar-refractivity contribution in [2.75, 3.05) is 0 Å². The van der Waals surface area contributed by atoms with Gasteiger partial charge in [-0.1, -0.05) is 40.2 Å². The summed E-state index contributed by atoms with van der Waals surface area (Å²) in [7, 11) is 0. The van der Waals surface area contributed by atoms with Gasteiger partial charge >= 0.3 is 0 Å². The minimum atomic E-state index is 0.103. The van der Waals surface area contributed by atoms with Gasteiger partial charge in [-0.3, -0.25) is 0 Å². The molecular weight excluding hydrogens is 196 g/mol. The Morgan fingerprint density at radius 3 is 2.31 bits per heavy atom. The van der Waals surface area contributed by atoms with Crippen LogP contribution >= 0.6 is 0 Å². The Bertz CT molecular complexity index is 358. The standard InChI is InChI=1S/C15H24O/c1-6-7-8-12-9-13(15(3,4)5)10-14(16)11(12)2/h9-10,16H,6-8H2,1-5H3. The van der Waals surface area contributed by atoms with E-state index in [-0.39, 0.29) is 5.41 Å². The maximum absolute atomic E-state index is 9.94. The second kappa shape index (κ2) is 4.90. The van der Waals surface area contributed by atoms with Crippen LogP contribution in [0.25, 0.3) is 0 Å². The number of phenolic OH excluding ortho intramolecular Hbond substituents is 1. The molecule has 0 aliphatic rings. The summed E-state index contributed by atoms with van der Waals surface area (Å²) < 4.78 is 0. The first-order valence-corrected chi connectivity index (χ1v) is 6.19. The summed E-state index contributed by atoms with van der Waals surface area (Å²) in [6, 6.07) is 4.16. The van der Waals surface area contributed by atoms with Crippen molar-refractivity contribution in [3.63, 3.8) is 0 Å². The van der Waals surface area contributed by atoms with Crippen LogP contribution in [0.4, 0.5) is 0 Å². The quantitative estimate of drug-likeness (QED) is 0.803. The average molecular weight is 220 g/mol. The number of rotatable bonds is 3. The van der Waals surface area contributed by atoms with Crippen molar-refractivity contribution < 1.29 is 5.11 Å². The van der Waals surface area contributed by atoms with Crippen LogP contribution in [0.2, 0.25) is 0 Å². The van der Waals surface area contributed by atoms with Gasteiger partial charge in [-0.2, -0.15) is 0 Å². The third-order valence-electron chi connectivity index (χ3n) is 3.15. The molecule has 0 aliphatic carbocycles. The number of unbranched alkanes of at least 4 members (excludes halogenated alkanes) is 1. The van der Waals surface area contributed by atoms with E-state index in [1.165, 1.54) is 24.0 Å². The molecule has 0 saturated heterocycles. The zero-order chi connectivity index (χ0) is 12.3. The second-order valence-electron chi connectivity index (χ2n) is 5.63. The summed E-state index contributed by atoms with van der Waals surface area (Å²) in [5.74, 6) is 0.443. The van der Waals surface area contributed by atoms with Crippen LogP contribution < -0.4 is 0 Å². The van der Waals surface area contributed by atoms with Crippen molar-refractivity contribution in [3.8, 4) is 5.75 Å². The molecule has 1 heteroatoms. The minimum Gasteiger partial charge on any atom is -0.508 e. The number of aryl methyl sites for hydroxylation is 1. The highest BCUT2D eigenvalue weighted by atomic mass is 16.3. The molecule has 0 saturated carbocycles. The van der Waals surface area contributed by atoms with Gasteiger partial charge in [0, 0.05) is 0 Å². The summed E-state index contributed by atoms with van der Waals surface area (Å²) >= 11 is 0. The summed E-state index contributed by atoms with van der Waals surface area (Å²) in [4.78, 5) is 0. The van der Waals surface area contributed by atoms with E-state index in [4.69, 9.17) is 0 Å². The summed E-state index contributed by atoms with van der Waals surface area (Å²) in [6.45, 7) is 10.7. The van der Waals surface area contributed by atoms with Crippen LogP contribution in [-0.4, -0.2) is 5.11 Å². The van der Waals surface area contributed by atoms with E-state index < -0.39 is 0 Å². The molecule has 0 spiro atoms. The Morgan fingerprint density at radius 2 is 1.81 bits per heavy atom. The molecule has 0 heterocycles. The third-order valence-corrected chi connectivity index (χ3v) is 3.15. The molecule has 0 unspecified atom stereocenters.